The highest BCUT2D eigenvalue weighted by Gasteiger charge is 2.45. The summed E-state index contributed by atoms with van der Waals surface area (Å²) < 4.78 is 84.9. The van der Waals surface area contributed by atoms with Crippen molar-refractivity contribution >= 4 is 17.5 Å². The molecule has 2 amide bonds. The molecule has 2 N–H and O–H groups in total. The molecule has 3 aliphatic rings. The molecule has 6 nitrogen and oxygen atoms in total. The molecule has 0 atom stereocenters. The topological polar surface area (TPSA) is 70.7 Å². The lowest BCUT2D eigenvalue weighted by molar-refractivity contribution is -0.143. The van der Waals surface area contributed by atoms with E-state index in [-0.39, 0.29) is 30.1 Å². The number of carbonyl (C=O) groups excluding carboxylic acids is 2. The zero-order chi connectivity index (χ0) is 29.4. The molecule has 0 spiro atoms. The van der Waals surface area contributed by atoms with Gasteiger partial charge in [0, 0.05) is 13.1 Å². The molecule has 2 heterocycles. The first-order valence-electron chi connectivity index (χ1n) is 13.7. The Labute approximate surface area is 233 Å². The molecule has 1 aliphatic carbocycles. The fourth-order valence-electron chi connectivity index (χ4n) is 5.67. The fraction of sp³-hybridized carbons (Fsp3) is 0.517. The molecule has 0 aromatic heterocycles. The lowest BCUT2D eigenvalue weighted by atomic mass is 9.73. The summed E-state index contributed by atoms with van der Waals surface area (Å²) in [5.41, 5.74) is -2.08. The summed E-state index contributed by atoms with van der Waals surface area (Å²) >= 11 is 0. The summed E-state index contributed by atoms with van der Waals surface area (Å²) in [5.74, 6) is 0.512. The van der Waals surface area contributed by atoms with Crippen molar-refractivity contribution in [2.24, 2.45) is 11.3 Å². The highest BCUT2D eigenvalue weighted by molar-refractivity contribution is 5.95. The monoisotopic (exact) mass is 583 g/mol. The van der Waals surface area contributed by atoms with Crippen LogP contribution < -0.4 is 15.4 Å². The van der Waals surface area contributed by atoms with Crippen molar-refractivity contribution in [3.63, 3.8) is 0 Å². The number of rotatable bonds is 8. The Balaban J connectivity index is 1.21. The molecule has 0 bridgehead atoms. The Hall–Kier alpha value is -3.28. The van der Waals surface area contributed by atoms with E-state index in [2.05, 4.69) is 15.5 Å². The largest absolute Gasteiger partial charge is 0.482 e. The van der Waals surface area contributed by atoms with Crippen LogP contribution in [-0.2, 0) is 34.9 Å². The number of amides is 2. The molecule has 2 fully saturated rings. The first-order valence-corrected chi connectivity index (χ1v) is 13.7. The van der Waals surface area contributed by atoms with Crippen LogP contribution in [0.1, 0.15) is 54.4 Å². The summed E-state index contributed by atoms with van der Waals surface area (Å²) in [6, 6.07) is 7.06. The van der Waals surface area contributed by atoms with Gasteiger partial charge in [0.15, 0.2) is 6.61 Å². The summed E-state index contributed by atoms with van der Waals surface area (Å²) in [6.45, 7) is 1.60. The number of halogens is 6. The Morgan fingerprint density at radius 1 is 0.976 bits per heavy atom. The van der Waals surface area contributed by atoms with E-state index in [0.29, 0.717) is 61.8 Å². The van der Waals surface area contributed by atoms with Gasteiger partial charge in [0.1, 0.15) is 5.75 Å². The number of nitrogens with one attached hydrogen (secondary N) is 2. The quantitative estimate of drug-likeness (QED) is 0.386. The molecule has 222 valence electrons. The van der Waals surface area contributed by atoms with Crippen molar-refractivity contribution in [3.8, 4) is 5.75 Å². The van der Waals surface area contributed by atoms with Gasteiger partial charge in [0.05, 0.1) is 22.2 Å². The van der Waals surface area contributed by atoms with Crippen molar-refractivity contribution in [3.05, 3.63) is 58.7 Å². The molecule has 2 aliphatic heterocycles. The maximum atomic E-state index is 13.4. The maximum Gasteiger partial charge on any atom is 0.416 e. The molecular weight excluding hydrogens is 552 g/mol. The minimum Gasteiger partial charge on any atom is -0.482 e. The van der Waals surface area contributed by atoms with Crippen LogP contribution in [0.2, 0.25) is 0 Å². The van der Waals surface area contributed by atoms with E-state index in [1.54, 1.807) is 0 Å². The molecule has 1 saturated heterocycles. The average molecular weight is 584 g/mol. The number of nitrogens with zero attached hydrogens (tertiary/aromatic N) is 1. The summed E-state index contributed by atoms with van der Waals surface area (Å²) in [4.78, 5) is 27.3. The van der Waals surface area contributed by atoms with Crippen LogP contribution in [-0.4, -0.2) is 43.0 Å². The predicted octanol–water partition coefficient (Wildman–Crippen LogP) is 5.80. The van der Waals surface area contributed by atoms with Crippen LogP contribution in [0.4, 0.5) is 32.0 Å². The number of fused-ring (bicyclic) bond motifs is 1. The van der Waals surface area contributed by atoms with Gasteiger partial charge in [-0.2, -0.15) is 26.3 Å². The van der Waals surface area contributed by atoms with Gasteiger partial charge in [-0.05, 0) is 86.1 Å². The standard InChI is InChI=1S/C29H31F6N3O3/c30-28(31,32)21-11-20(12-22(14-21)29(33,34)35)16-36-26(40)27(15-19-1-2-19)6-9-38(10-7-27)8-5-18-3-4-24-23(13-18)37-25(39)17-41-24/h3-4,11-14,19H,1-2,5-10,15-17H2,(H,36,40)(H,37,39). The second-order valence-corrected chi connectivity index (χ2v) is 11.3. The third-order valence-electron chi connectivity index (χ3n) is 8.17. The zero-order valence-electron chi connectivity index (χ0n) is 22.3. The third-order valence-corrected chi connectivity index (χ3v) is 8.17. The van der Waals surface area contributed by atoms with Gasteiger partial charge < -0.3 is 20.3 Å². The maximum absolute atomic E-state index is 13.4. The van der Waals surface area contributed by atoms with Gasteiger partial charge in [0.25, 0.3) is 5.91 Å². The molecule has 1 saturated carbocycles. The Bertz CT molecular complexity index is 1270. The van der Waals surface area contributed by atoms with E-state index in [4.69, 9.17) is 4.74 Å². The molecular formula is C29H31F6N3O3. The summed E-state index contributed by atoms with van der Waals surface area (Å²) in [6.07, 6.45) is -5.36. The van der Waals surface area contributed by atoms with Crippen molar-refractivity contribution in [2.75, 3.05) is 31.6 Å². The molecule has 0 radical (unpaired) electrons. The van der Waals surface area contributed by atoms with Crippen LogP contribution in [0.3, 0.4) is 0 Å². The van der Waals surface area contributed by atoms with Gasteiger partial charge >= 0.3 is 12.4 Å². The Kier molecular flexibility index (Phi) is 7.97. The van der Waals surface area contributed by atoms with Crippen LogP contribution in [0.25, 0.3) is 0 Å². The van der Waals surface area contributed by atoms with Gasteiger partial charge in [-0.25, -0.2) is 0 Å². The number of piperidine rings is 1. The second-order valence-electron chi connectivity index (χ2n) is 11.3. The molecule has 12 heteroatoms. The van der Waals surface area contributed by atoms with Gasteiger partial charge in [0.2, 0.25) is 5.91 Å². The van der Waals surface area contributed by atoms with E-state index >= 15 is 0 Å². The number of anilines is 1. The fourth-order valence-corrected chi connectivity index (χ4v) is 5.67. The Morgan fingerprint density at radius 3 is 2.24 bits per heavy atom. The third kappa shape index (κ3) is 7.14. The van der Waals surface area contributed by atoms with Gasteiger partial charge in [-0.3, -0.25) is 9.59 Å². The average Bonchev–Trinajstić information content (AvgIpc) is 3.73. The number of benzene rings is 2. The molecule has 2 aromatic rings. The first kappa shape index (κ1) is 29.2. The van der Waals surface area contributed by atoms with Crippen LogP contribution in [0, 0.1) is 11.3 Å². The summed E-state index contributed by atoms with van der Waals surface area (Å²) in [7, 11) is 0. The van der Waals surface area contributed by atoms with Crippen molar-refractivity contribution in [2.45, 2.75) is 57.4 Å². The van der Waals surface area contributed by atoms with E-state index in [1.807, 2.05) is 18.2 Å². The minimum absolute atomic E-state index is 0.00908. The van der Waals surface area contributed by atoms with E-state index in [1.165, 1.54) is 0 Å². The number of ether oxygens (including phenoxy) is 1. The molecule has 41 heavy (non-hydrogen) atoms. The minimum atomic E-state index is -4.94. The Morgan fingerprint density at radius 2 is 1.63 bits per heavy atom. The number of likely N-dealkylation sites (tertiary alicyclic amines) is 1. The van der Waals surface area contributed by atoms with Gasteiger partial charge in [-0.15, -0.1) is 0 Å². The number of hydrogen-bond donors (Lipinski definition) is 2. The van der Waals surface area contributed by atoms with E-state index < -0.39 is 35.4 Å². The molecule has 5 rings (SSSR count). The predicted molar refractivity (Wildman–Crippen MR) is 138 cm³/mol. The molecule has 2 aromatic carbocycles. The highest BCUT2D eigenvalue weighted by atomic mass is 19.4. The van der Waals surface area contributed by atoms with Crippen LogP contribution in [0.5, 0.6) is 5.75 Å². The number of hydrogen-bond acceptors (Lipinski definition) is 4. The van der Waals surface area contributed by atoms with E-state index in [0.717, 1.165) is 31.4 Å². The van der Waals surface area contributed by atoms with Crippen LogP contribution >= 0.6 is 0 Å². The summed E-state index contributed by atoms with van der Waals surface area (Å²) in [5, 5.41) is 5.46. The number of carbonyl (C=O) groups is 2. The SMILES string of the molecule is O=C1COc2ccc(CCN3CCC(CC4CC4)(C(=O)NCc4cc(C(F)(F)F)cc(C(F)(F)F)c4)CC3)cc2N1. The smallest absolute Gasteiger partial charge is 0.416 e. The molecule has 0 unspecified atom stereocenters. The van der Waals surface area contributed by atoms with Crippen molar-refractivity contribution < 1.29 is 40.7 Å². The zero-order valence-corrected chi connectivity index (χ0v) is 22.3. The normalized spacial score (nSPS) is 19.2. The number of alkyl halides is 6. The second kappa shape index (κ2) is 11.2. The van der Waals surface area contributed by atoms with E-state index in [9.17, 15) is 35.9 Å². The van der Waals surface area contributed by atoms with Crippen molar-refractivity contribution in [1.82, 2.24) is 10.2 Å². The lowest BCUT2D eigenvalue weighted by Crippen LogP contribution is -2.49. The first-order chi connectivity index (χ1) is 19.3. The van der Waals surface area contributed by atoms with Crippen molar-refractivity contribution in [1.29, 1.82) is 0 Å². The van der Waals surface area contributed by atoms with Crippen LogP contribution in [0.15, 0.2) is 36.4 Å². The van der Waals surface area contributed by atoms with Gasteiger partial charge in [-0.1, -0.05) is 18.9 Å². The lowest BCUT2D eigenvalue weighted by Gasteiger charge is -2.41. The highest BCUT2D eigenvalue weighted by Crippen LogP contribution is 2.46.